The Labute approximate surface area is 209 Å². The standard InChI is InChI=1S/C25H26FNO4.Na/c1-16-23(13-12-21(28)14-22(29)15-24(30)31)25(18-8-10-19(26)11-9-18)17(2)27(16)20-6-4-3-5-7-20;/h3-13,21-22,28-29H,14-15H2,1-2H3,(H,30,31);/q;+1/p-1/b13-12+;. The summed E-state index contributed by atoms with van der Waals surface area (Å²) >= 11 is 0. The maximum absolute atomic E-state index is 13.5. The van der Waals surface area contributed by atoms with Gasteiger partial charge < -0.3 is 24.7 Å². The number of nitrogens with zero attached hydrogens (tertiary/aromatic N) is 1. The van der Waals surface area contributed by atoms with Gasteiger partial charge in [0.1, 0.15) is 5.82 Å². The first-order chi connectivity index (χ1) is 14.8. The van der Waals surface area contributed by atoms with Crippen LogP contribution in [0.4, 0.5) is 4.39 Å². The van der Waals surface area contributed by atoms with E-state index in [9.17, 15) is 24.5 Å². The average molecular weight is 445 g/mol. The number of halogens is 1. The van der Waals surface area contributed by atoms with Crippen molar-refractivity contribution in [2.75, 3.05) is 0 Å². The van der Waals surface area contributed by atoms with Crippen molar-refractivity contribution < 1.29 is 54.1 Å². The van der Waals surface area contributed by atoms with Gasteiger partial charge in [-0.3, -0.25) is 0 Å². The van der Waals surface area contributed by atoms with Crippen molar-refractivity contribution in [3.63, 3.8) is 0 Å². The normalized spacial score (nSPS) is 13.0. The van der Waals surface area contributed by atoms with Gasteiger partial charge in [0.2, 0.25) is 0 Å². The van der Waals surface area contributed by atoms with Crippen LogP contribution in [0.15, 0.2) is 60.7 Å². The van der Waals surface area contributed by atoms with E-state index >= 15 is 0 Å². The van der Waals surface area contributed by atoms with Gasteiger partial charge >= 0.3 is 29.6 Å². The summed E-state index contributed by atoms with van der Waals surface area (Å²) in [6.07, 6.45) is 0.412. The molecule has 2 unspecified atom stereocenters. The maximum atomic E-state index is 13.5. The molecule has 0 fully saturated rings. The van der Waals surface area contributed by atoms with Crippen LogP contribution in [-0.2, 0) is 4.79 Å². The number of rotatable bonds is 8. The van der Waals surface area contributed by atoms with Crippen molar-refractivity contribution in [1.82, 2.24) is 4.57 Å². The number of carboxylic acids is 1. The predicted molar refractivity (Wildman–Crippen MR) is 116 cm³/mol. The van der Waals surface area contributed by atoms with Gasteiger partial charge in [0.15, 0.2) is 0 Å². The molecule has 0 radical (unpaired) electrons. The van der Waals surface area contributed by atoms with Gasteiger partial charge in [-0.15, -0.1) is 0 Å². The molecule has 0 aliphatic rings. The number of aliphatic carboxylic acids is 1. The Bertz CT molecular complexity index is 1080. The molecule has 0 saturated heterocycles. The van der Waals surface area contributed by atoms with Crippen LogP contribution < -0.4 is 34.7 Å². The van der Waals surface area contributed by atoms with Gasteiger partial charge in [-0.05, 0) is 43.7 Å². The SMILES string of the molecule is Cc1c(/C=C/C(O)CC(O)CC(=O)[O-])c(-c2ccc(F)cc2)c(C)n1-c1ccccc1.[Na+]. The fourth-order valence-electron chi connectivity index (χ4n) is 3.85. The molecular weight excluding hydrogens is 420 g/mol. The van der Waals surface area contributed by atoms with E-state index in [1.165, 1.54) is 18.2 Å². The van der Waals surface area contributed by atoms with E-state index < -0.39 is 24.6 Å². The second kappa shape index (κ2) is 11.6. The Hall–Kier alpha value is -2.22. The van der Waals surface area contributed by atoms with Gasteiger partial charge in [0.05, 0.1) is 12.2 Å². The van der Waals surface area contributed by atoms with Crippen LogP contribution >= 0.6 is 0 Å². The molecule has 1 aromatic heterocycles. The number of aliphatic hydroxyl groups is 2. The van der Waals surface area contributed by atoms with Crippen molar-refractivity contribution in [1.29, 1.82) is 0 Å². The van der Waals surface area contributed by atoms with E-state index in [0.717, 1.165) is 33.8 Å². The van der Waals surface area contributed by atoms with Gasteiger partial charge in [0.25, 0.3) is 0 Å². The van der Waals surface area contributed by atoms with Crippen LogP contribution in [0.1, 0.15) is 29.8 Å². The van der Waals surface area contributed by atoms with Crippen LogP contribution in [0.2, 0.25) is 0 Å². The van der Waals surface area contributed by atoms with E-state index in [4.69, 9.17) is 0 Å². The molecule has 0 amide bonds. The number of hydrogen-bond donors (Lipinski definition) is 2. The molecular formula is C25H25FNNaO4. The monoisotopic (exact) mass is 445 g/mol. The molecule has 5 nitrogen and oxygen atoms in total. The molecule has 2 atom stereocenters. The van der Waals surface area contributed by atoms with Crippen molar-refractivity contribution in [3.05, 3.63) is 83.4 Å². The van der Waals surface area contributed by atoms with E-state index in [0.29, 0.717) is 0 Å². The van der Waals surface area contributed by atoms with Gasteiger partial charge in [0, 0.05) is 47.0 Å². The Morgan fingerprint density at radius 2 is 1.69 bits per heavy atom. The number of aromatic nitrogens is 1. The van der Waals surface area contributed by atoms with Crippen molar-refractivity contribution in [2.24, 2.45) is 0 Å². The largest absolute Gasteiger partial charge is 1.00 e. The Morgan fingerprint density at radius 1 is 1.06 bits per heavy atom. The Kier molecular flexibility index (Phi) is 9.43. The zero-order valence-corrected chi connectivity index (χ0v) is 20.5. The molecule has 0 aliphatic carbocycles. The molecule has 3 aromatic rings. The van der Waals surface area contributed by atoms with E-state index in [-0.39, 0.29) is 41.8 Å². The molecule has 162 valence electrons. The summed E-state index contributed by atoms with van der Waals surface area (Å²) in [7, 11) is 0. The molecule has 7 heteroatoms. The van der Waals surface area contributed by atoms with Crippen molar-refractivity contribution in [2.45, 2.75) is 38.9 Å². The van der Waals surface area contributed by atoms with Crippen LogP contribution in [0.5, 0.6) is 0 Å². The molecule has 1 heterocycles. The summed E-state index contributed by atoms with van der Waals surface area (Å²) in [5, 5.41) is 30.6. The molecule has 0 aliphatic heterocycles. The minimum absolute atomic E-state index is 0. The number of carbonyl (C=O) groups is 1. The zero-order chi connectivity index (χ0) is 22.5. The third-order valence-corrected chi connectivity index (χ3v) is 5.24. The number of carbonyl (C=O) groups excluding carboxylic acids is 1. The van der Waals surface area contributed by atoms with Gasteiger partial charge in [-0.1, -0.05) is 42.5 Å². The smallest absolute Gasteiger partial charge is 0.550 e. The maximum Gasteiger partial charge on any atom is 1.00 e. The molecule has 2 N–H and O–H groups in total. The summed E-state index contributed by atoms with van der Waals surface area (Å²) in [4.78, 5) is 10.6. The summed E-state index contributed by atoms with van der Waals surface area (Å²) in [5.41, 5.74) is 5.46. The van der Waals surface area contributed by atoms with Crippen LogP contribution in [-0.4, -0.2) is 33.0 Å². The summed E-state index contributed by atoms with van der Waals surface area (Å²) < 4.78 is 15.6. The third-order valence-electron chi connectivity index (χ3n) is 5.24. The first-order valence-corrected chi connectivity index (χ1v) is 10.1. The van der Waals surface area contributed by atoms with E-state index in [2.05, 4.69) is 4.57 Å². The summed E-state index contributed by atoms with van der Waals surface area (Å²) in [5.74, 6) is -1.69. The van der Waals surface area contributed by atoms with Crippen LogP contribution in [0.3, 0.4) is 0 Å². The van der Waals surface area contributed by atoms with Gasteiger partial charge in [-0.2, -0.15) is 0 Å². The first-order valence-electron chi connectivity index (χ1n) is 10.1. The minimum Gasteiger partial charge on any atom is -0.550 e. The molecule has 0 spiro atoms. The molecule has 0 bridgehead atoms. The topological polar surface area (TPSA) is 85.5 Å². The average Bonchev–Trinajstić information content (AvgIpc) is 2.96. The van der Waals surface area contributed by atoms with E-state index in [1.807, 2.05) is 44.2 Å². The predicted octanol–water partition coefficient (Wildman–Crippen LogP) is 0.169. The second-order valence-electron chi connectivity index (χ2n) is 7.53. The van der Waals surface area contributed by atoms with Crippen molar-refractivity contribution >= 4 is 12.0 Å². The fraction of sp³-hybridized carbons (Fsp3) is 0.240. The quantitative estimate of drug-likeness (QED) is 0.484. The summed E-state index contributed by atoms with van der Waals surface area (Å²) in [6.45, 7) is 3.94. The number of carboxylic acid groups (broad SMARTS) is 1. The Balaban J connectivity index is 0.00000363. The summed E-state index contributed by atoms with van der Waals surface area (Å²) in [6, 6.07) is 16.1. The Morgan fingerprint density at radius 3 is 2.28 bits per heavy atom. The fourth-order valence-corrected chi connectivity index (χ4v) is 3.85. The third kappa shape index (κ3) is 6.18. The molecule has 32 heavy (non-hydrogen) atoms. The number of para-hydroxylation sites is 1. The van der Waals surface area contributed by atoms with E-state index in [1.54, 1.807) is 18.2 Å². The second-order valence-corrected chi connectivity index (χ2v) is 7.53. The van der Waals surface area contributed by atoms with Gasteiger partial charge in [-0.25, -0.2) is 4.39 Å². The van der Waals surface area contributed by atoms with Crippen LogP contribution in [0, 0.1) is 19.7 Å². The molecule has 3 rings (SSSR count). The number of aliphatic hydroxyl groups excluding tert-OH is 2. The number of benzene rings is 2. The minimum atomic E-state index is -1.37. The van der Waals surface area contributed by atoms with Crippen molar-refractivity contribution in [3.8, 4) is 16.8 Å². The number of hydrogen-bond acceptors (Lipinski definition) is 4. The molecule has 2 aromatic carbocycles. The first kappa shape index (κ1) is 26.0. The molecule has 0 saturated carbocycles. The van der Waals surface area contributed by atoms with Crippen LogP contribution in [0.25, 0.3) is 22.9 Å². The zero-order valence-electron chi connectivity index (χ0n) is 18.5.